The van der Waals surface area contributed by atoms with Gasteiger partial charge < -0.3 is 18.3 Å². The van der Waals surface area contributed by atoms with E-state index in [1.165, 1.54) is 54.1 Å². The Balaban J connectivity index is 0.566. The SMILES string of the molecule is c1ccc(-c2nc(-c3ccccc3)nc(-c3cccc(-n4c5ccccc5c5cc(-c6ccc7c(c6)c6ccccc6n7-c6ccc(-c7ccc(-c8nc(-c9ccccc9)nc(-c9cccc(-n%10c%11ccccc%11c%11ccc(-c%12ccc%13c(c%12)c%12ccccc%12n%13-c%12ccccc%12)cc%11%10)c9)n8)cc7)cc6)ccc54)c3)n2)cc1. The third-order valence-corrected chi connectivity index (χ3v) is 22.1. The van der Waals surface area contributed by atoms with Crippen molar-refractivity contribution < 1.29 is 0 Å². The molecule has 6 aromatic heterocycles. The third-order valence-electron chi connectivity index (χ3n) is 22.1. The van der Waals surface area contributed by atoms with Crippen LogP contribution in [0.15, 0.2) is 388 Å². The number of nitrogens with zero attached hydrogens (tertiary/aromatic N) is 10. The molecule has 22 rings (SSSR count). The average molecular weight is 1430 g/mol. The first-order chi connectivity index (χ1) is 55.5. The average Bonchev–Trinajstić information content (AvgIpc) is 1.59. The molecule has 16 aromatic carbocycles. The van der Waals surface area contributed by atoms with Crippen molar-refractivity contribution in [3.63, 3.8) is 0 Å². The smallest absolute Gasteiger partial charge is 0.164 e. The lowest BCUT2D eigenvalue weighted by Crippen LogP contribution is -2.01. The third kappa shape index (κ3) is 10.9. The van der Waals surface area contributed by atoms with Crippen LogP contribution >= 0.6 is 0 Å². The Kier molecular flexibility index (Phi) is 15.0. The Morgan fingerprint density at radius 2 is 0.366 bits per heavy atom. The summed E-state index contributed by atoms with van der Waals surface area (Å²) in [6.07, 6.45) is 0. The molecule has 0 aliphatic carbocycles. The van der Waals surface area contributed by atoms with Crippen LogP contribution in [0.3, 0.4) is 0 Å². The summed E-state index contributed by atoms with van der Waals surface area (Å²) in [6, 6.07) is 138. The molecule has 0 N–H and O–H groups in total. The van der Waals surface area contributed by atoms with Crippen molar-refractivity contribution in [1.29, 1.82) is 0 Å². The maximum absolute atomic E-state index is 5.30. The van der Waals surface area contributed by atoms with Crippen LogP contribution in [0.4, 0.5) is 0 Å². The van der Waals surface area contributed by atoms with Gasteiger partial charge in [-0.05, 0) is 149 Å². The van der Waals surface area contributed by atoms with E-state index in [9.17, 15) is 0 Å². The van der Waals surface area contributed by atoms with Gasteiger partial charge in [0.15, 0.2) is 34.9 Å². The van der Waals surface area contributed by atoms with E-state index >= 15 is 0 Å². The Labute approximate surface area is 644 Å². The second kappa shape index (κ2) is 26.3. The zero-order valence-corrected chi connectivity index (χ0v) is 60.4. The number of para-hydroxylation sites is 5. The molecule has 0 atom stereocenters. The van der Waals surface area contributed by atoms with Gasteiger partial charge in [-0.1, -0.05) is 273 Å². The van der Waals surface area contributed by atoms with Crippen molar-refractivity contribution in [3.8, 4) is 124 Å². The van der Waals surface area contributed by atoms with Gasteiger partial charge in [0.25, 0.3) is 0 Å². The highest BCUT2D eigenvalue weighted by Crippen LogP contribution is 2.43. The van der Waals surface area contributed by atoms with Crippen LogP contribution in [0.2, 0.25) is 0 Å². The van der Waals surface area contributed by atoms with Crippen molar-refractivity contribution in [2.24, 2.45) is 0 Å². The van der Waals surface area contributed by atoms with Crippen LogP contribution in [0.25, 0.3) is 212 Å². The fraction of sp³-hybridized carbons (Fsp3) is 0. The van der Waals surface area contributed by atoms with Crippen molar-refractivity contribution in [2.75, 3.05) is 0 Å². The number of benzene rings is 16. The topological polar surface area (TPSA) is 97.1 Å². The Hall–Kier alpha value is -15.3. The predicted molar refractivity (Wildman–Crippen MR) is 459 cm³/mol. The Morgan fingerprint density at radius 1 is 0.125 bits per heavy atom. The van der Waals surface area contributed by atoms with E-state index in [4.69, 9.17) is 29.9 Å². The molecule has 0 spiro atoms. The predicted octanol–water partition coefficient (Wildman–Crippen LogP) is 25.4. The van der Waals surface area contributed by atoms with Crippen LogP contribution in [-0.2, 0) is 0 Å². The number of hydrogen-bond donors (Lipinski definition) is 0. The second-order valence-corrected chi connectivity index (χ2v) is 28.6. The van der Waals surface area contributed by atoms with Gasteiger partial charge in [0.2, 0.25) is 0 Å². The Morgan fingerprint density at radius 3 is 0.768 bits per heavy atom. The monoisotopic (exact) mass is 1430 g/mol. The molecule has 0 saturated heterocycles. The molecule has 0 unspecified atom stereocenters. The van der Waals surface area contributed by atoms with E-state index in [0.29, 0.717) is 34.9 Å². The van der Waals surface area contributed by atoms with Gasteiger partial charge in [0.1, 0.15) is 0 Å². The summed E-state index contributed by atoms with van der Waals surface area (Å²) >= 11 is 0. The molecule has 0 aliphatic rings. The highest BCUT2D eigenvalue weighted by molar-refractivity contribution is 6.15. The minimum atomic E-state index is 0.589. The molecule has 0 aliphatic heterocycles. The minimum absolute atomic E-state index is 0.589. The van der Waals surface area contributed by atoms with Crippen LogP contribution in [0, 0.1) is 0 Å². The maximum Gasteiger partial charge on any atom is 0.164 e. The fourth-order valence-electron chi connectivity index (χ4n) is 16.8. The van der Waals surface area contributed by atoms with Gasteiger partial charge in [-0.25, -0.2) is 29.9 Å². The second-order valence-electron chi connectivity index (χ2n) is 28.6. The number of hydrogen-bond acceptors (Lipinski definition) is 6. The standard InChI is InChI=1S/C102H64N10/c1-5-23-67(24-6-1)97-103-98(68-25-7-2-8-26-68)106-101(105-97)75-29-21-33-79(59-75)111-92-42-20-16-38-84(92)88-62-72(51-58-95(88)111)71-50-56-94-86(61-71)83-37-15-19-41-91(83)110(94)78-53-47-66(48-54-78)65-43-45-70(46-44-65)100-104-99(69-27-9-3-10-28-69)107-102(108-100)76-30-22-34-80(60-76)112-89-39-17-13-35-81(89)85-55-49-74(64-96(85)112)73-52-57-93-87(63-73)82-36-14-18-40-90(82)109(93)77-31-11-4-12-32-77/h1-64H. The van der Waals surface area contributed by atoms with E-state index < -0.39 is 0 Å². The maximum atomic E-state index is 5.30. The molecule has 6 heterocycles. The molecule has 0 bridgehead atoms. The molecule has 0 saturated carbocycles. The minimum Gasteiger partial charge on any atom is -0.309 e. The van der Waals surface area contributed by atoms with Gasteiger partial charge in [0, 0.05) is 99.2 Å². The van der Waals surface area contributed by atoms with Gasteiger partial charge in [-0.15, -0.1) is 0 Å². The zero-order chi connectivity index (χ0) is 73.7. The highest BCUT2D eigenvalue weighted by Gasteiger charge is 2.23. The summed E-state index contributed by atoms with van der Waals surface area (Å²) < 4.78 is 9.50. The molecule has 10 nitrogen and oxygen atoms in total. The Bertz CT molecular complexity index is 7410. The summed E-state index contributed by atoms with van der Waals surface area (Å²) in [6.45, 7) is 0. The van der Waals surface area contributed by atoms with E-state index in [1.807, 2.05) is 78.9 Å². The van der Waals surface area contributed by atoms with Crippen LogP contribution in [0.1, 0.15) is 0 Å². The zero-order valence-electron chi connectivity index (χ0n) is 60.4. The van der Waals surface area contributed by atoms with Gasteiger partial charge in [-0.3, -0.25) is 0 Å². The molecular weight excluding hydrogens is 1370 g/mol. The molecule has 22 aromatic rings. The molecule has 112 heavy (non-hydrogen) atoms. The largest absolute Gasteiger partial charge is 0.309 e. The molecule has 0 fully saturated rings. The first kappa shape index (κ1) is 64.0. The summed E-state index contributed by atoms with van der Waals surface area (Å²) in [4.78, 5) is 30.8. The molecule has 0 radical (unpaired) electrons. The van der Waals surface area contributed by atoms with E-state index in [1.54, 1.807) is 0 Å². The van der Waals surface area contributed by atoms with Gasteiger partial charge >= 0.3 is 0 Å². The summed E-state index contributed by atoms with van der Waals surface area (Å²) in [5, 5.41) is 9.54. The summed E-state index contributed by atoms with van der Waals surface area (Å²) in [5.41, 5.74) is 25.6. The van der Waals surface area contributed by atoms with Crippen LogP contribution in [0.5, 0.6) is 0 Å². The summed E-state index contributed by atoms with van der Waals surface area (Å²) in [5.74, 6) is 3.66. The normalized spacial score (nSPS) is 11.8. The van der Waals surface area contributed by atoms with Crippen molar-refractivity contribution in [1.82, 2.24) is 48.2 Å². The molecule has 522 valence electrons. The van der Waals surface area contributed by atoms with E-state index in [0.717, 1.165) is 123 Å². The molecular formula is C102H64N10. The van der Waals surface area contributed by atoms with E-state index in [-0.39, 0.29) is 0 Å². The van der Waals surface area contributed by atoms with Crippen molar-refractivity contribution in [3.05, 3.63) is 388 Å². The molecule has 0 amide bonds. The van der Waals surface area contributed by atoms with Gasteiger partial charge in [-0.2, -0.15) is 0 Å². The first-order valence-corrected chi connectivity index (χ1v) is 37.8. The van der Waals surface area contributed by atoms with Crippen LogP contribution in [-0.4, -0.2) is 48.2 Å². The quantitative estimate of drug-likeness (QED) is 0.114. The first-order valence-electron chi connectivity index (χ1n) is 37.8. The molecule has 10 heteroatoms. The number of rotatable bonds is 13. The fourth-order valence-corrected chi connectivity index (χ4v) is 16.8. The lowest BCUT2D eigenvalue weighted by atomic mass is 10.0. The lowest BCUT2D eigenvalue weighted by molar-refractivity contribution is 1.07. The number of fused-ring (bicyclic) bond motifs is 12. The van der Waals surface area contributed by atoms with Crippen molar-refractivity contribution in [2.45, 2.75) is 0 Å². The lowest BCUT2D eigenvalue weighted by Gasteiger charge is -2.12. The van der Waals surface area contributed by atoms with E-state index in [2.05, 4.69) is 328 Å². The van der Waals surface area contributed by atoms with Crippen LogP contribution < -0.4 is 0 Å². The van der Waals surface area contributed by atoms with Gasteiger partial charge in [0.05, 0.1) is 44.1 Å². The van der Waals surface area contributed by atoms with Crippen molar-refractivity contribution >= 4 is 87.2 Å². The summed E-state index contributed by atoms with van der Waals surface area (Å²) in [7, 11) is 0. The highest BCUT2D eigenvalue weighted by atomic mass is 15.1. The number of aromatic nitrogens is 10.